The Labute approximate surface area is 180 Å². The van der Waals surface area contributed by atoms with E-state index in [4.69, 9.17) is 4.42 Å². The molecule has 140 valence electrons. The summed E-state index contributed by atoms with van der Waals surface area (Å²) in [7, 11) is 0. The highest BCUT2D eigenvalue weighted by Crippen LogP contribution is 2.29. The van der Waals surface area contributed by atoms with Gasteiger partial charge < -0.3 is 4.42 Å². The molecule has 1 N–H and O–H groups in total. The minimum absolute atomic E-state index is 0.0791. The normalized spacial score (nSPS) is 11.0. The van der Waals surface area contributed by atoms with E-state index in [2.05, 4.69) is 42.2 Å². The Balaban J connectivity index is 1.63. The standard InChI is InChI=1S/C20H12Br2N2O3S/c1-10-2-4-11(5-3-10)16-9-28-20(23-16)24-18(25)14-7-12-6-13(21)8-15(22)17(12)27-19(14)26/h2-9H,1H3,(H,23,24,25). The first-order valence-corrected chi connectivity index (χ1v) is 10.6. The summed E-state index contributed by atoms with van der Waals surface area (Å²) in [6.45, 7) is 2.02. The summed E-state index contributed by atoms with van der Waals surface area (Å²) >= 11 is 8.04. The molecule has 0 aliphatic carbocycles. The second-order valence-corrected chi connectivity index (χ2v) is 8.74. The Morgan fingerprint density at radius 1 is 1.14 bits per heavy atom. The molecule has 0 aliphatic rings. The molecule has 0 bridgehead atoms. The first-order valence-electron chi connectivity index (χ1n) is 8.17. The second-order valence-electron chi connectivity index (χ2n) is 6.11. The van der Waals surface area contributed by atoms with Crippen LogP contribution in [0.25, 0.3) is 22.2 Å². The number of carbonyl (C=O) groups excluding carboxylic acids is 1. The van der Waals surface area contributed by atoms with Gasteiger partial charge in [-0.3, -0.25) is 10.1 Å². The van der Waals surface area contributed by atoms with E-state index in [-0.39, 0.29) is 5.56 Å². The van der Waals surface area contributed by atoms with Gasteiger partial charge in [0, 0.05) is 20.8 Å². The largest absolute Gasteiger partial charge is 0.421 e. The Bertz CT molecular complexity index is 1260. The molecule has 2 aromatic carbocycles. The third kappa shape index (κ3) is 3.80. The molecule has 2 aromatic heterocycles. The third-order valence-corrected chi connectivity index (χ3v) is 5.87. The lowest BCUT2D eigenvalue weighted by Crippen LogP contribution is -2.20. The number of aromatic nitrogens is 1. The molecular formula is C20H12Br2N2O3S. The summed E-state index contributed by atoms with van der Waals surface area (Å²) in [5, 5.41) is 5.58. The van der Waals surface area contributed by atoms with Crippen molar-refractivity contribution in [3.63, 3.8) is 0 Å². The molecule has 4 rings (SSSR count). The number of hydrogen-bond donors (Lipinski definition) is 1. The van der Waals surface area contributed by atoms with Crippen LogP contribution in [0.3, 0.4) is 0 Å². The zero-order chi connectivity index (χ0) is 19.8. The monoisotopic (exact) mass is 518 g/mol. The number of nitrogens with zero attached hydrogens (tertiary/aromatic N) is 1. The maximum atomic E-state index is 12.6. The quantitative estimate of drug-likeness (QED) is 0.337. The number of hydrogen-bond acceptors (Lipinski definition) is 5. The predicted octanol–water partition coefficient (Wildman–Crippen LogP) is 6.00. The van der Waals surface area contributed by atoms with Gasteiger partial charge in [-0.2, -0.15) is 0 Å². The Morgan fingerprint density at radius 3 is 2.64 bits per heavy atom. The van der Waals surface area contributed by atoms with Gasteiger partial charge in [0.1, 0.15) is 5.56 Å². The number of thiazole rings is 1. The number of halogens is 2. The highest BCUT2D eigenvalue weighted by atomic mass is 79.9. The molecule has 5 nitrogen and oxygen atoms in total. The van der Waals surface area contributed by atoms with Crippen LogP contribution in [0.4, 0.5) is 5.13 Å². The van der Waals surface area contributed by atoms with Crippen LogP contribution in [0.15, 0.2) is 66.0 Å². The molecule has 0 fully saturated rings. The molecule has 0 saturated carbocycles. The summed E-state index contributed by atoms with van der Waals surface area (Å²) in [6, 6.07) is 13.0. The lowest BCUT2D eigenvalue weighted by atomic mass is 10.1. The topological polar surface area (TPSA) is 72.2 Å². The molecule has 0 saturated heterocycles. The van der Waals surface area contributed by atoms with Crippen LogP contribution in [0.5, 0.6) is 0 Å². The van der Waals surface area contributed by atoms with Crippen LogP contribution in [-0.4, -0.2) is 10.9 Å². The van der Waals surface area contributed by atoms with E-state index in [9.17, 15) is 9.59 Å². The fraction of sp³-hybridized carbons (Fsp3) is 0.0500. The SMILES string of the molecule is Cc1ccc(-c2csc(NC(=O)c3cc4cc(Br)cc(Br)c4oc3=O)n2)cc1. The molecule has 0 atom stereocenters. The van der Waals surface area contributed by atoms with Crippen molar-refractivity contribution in [1.82, 2.24) is 4.98 Å². The Kier molecular flexibility index (Phi) is 5.18. The Hall–Kier alpha value is -2.29. The zero-order valence-corrected chi connectivity index (χ0v) is 18.4. The van der Waals surface area contributed by atoms with Crippen LogP contribution in [0, 0.1) is 6.92 Å². The number of benzene rings is 2. The van der Waals surface area contributed by atoms with E-state index in [1.807, 2.05) is 36.6 Å². The van der Waals surface area contributed by atoms with E-state index >= 15 is 0 Å². The first-order chi connectivity index (χ1) is 13.4. The average molecular weight is 520 g/mol. The maximum Gasteiger partial charge on any atom is 0.349 e. The molecule has 0 aliphatic heterocycles. The van der Waals surface area contributed by atoms with Gasteiger partial charge in [0.05, 0.1) is 10.2 Å². The highest BCUT2D eigenvalue weighted by Gasteiger charge is 2.17. The fourth-order valence-corrected chi connectivity index (χ4v) is 4.72. The average Bonchev–Trinajstić information content (AvgIpc) is 3.11. The lowest BCUT2D eigenvalue weighted by molar-refractivity contribution is 0.102. The molecule has 0 unspecified atom stereocenters. The number of rotatable bonds is 3. The van der Waals surface area contributed by atoms with Crippen molar-refractivity contribution in [3.05, 3.63) is 78.3 Å². The summed E-state index contributed by atoms with van der Waals surface area (Å²) < 4.78 is 6.75. The van der Waals surface area contributed by atoms with Gasteiger partial charge in [-0.15, -0.1) is 11.3 Å². The minimum atomic E-state index is -0.705. The molecule has 2 heterocycles. The Morgan fingerprint density at radius 2 is 1.89 bits per heavy atom. The van der Waals surface area contributed by atoms with Gasteiger partial charge in [-0.05, 0) is 41.1 Å². The molecule has 0 spiro atoms. The number of amides is 1. The van der Waals surface area contributed by atoms with Crippen molar-refractivity contribution < 1.29 is 9.21 Å². The van der Waals surface area contributed by atoms with Crippen LogP contribution in [0.2, 0.25) is 0 Å². The molecule has 28 heavy (non-hydrogen) atoms. The van der Waals surface area contributed by atoms with Crippen molar-refractivity contribution >= 4 is 65.2 Å². The van der Waals surface area contributed by atoms with Crippen molar-refractivity contribution in [1.29, 1.82) is 0 Å². The molecule has 0 radical (unpaired) electrons. The number of fused-ring (bicyclic) bond motifs is 1. The van der Waals surface area contributed by atoms with Crippen molar-refractivity contribution in [2.24, 2.45) is 0 Å². The molecule has 4 aromatic rings. The number of nitrogens with one attached hydrogen (secondary N) is 1. The van der Waals surface area contributed by atoms with Crippen LogP contribution in [0.1, 0.15) is 15.9 Å². The van der Waals surface area contributed by atoms with E-state index in [1.54, 1.807) is 12.1 Å². The van der Waals surface area contributed by atoms with Gasteiger partial charge in [-0.1, -0.05) is 45.8 Å². The van der Waals surface area contributed by atoms with Crippen molar-refractivity contribution in [2.45, 2.75) is 6.92 Å². The minimum Gasteiger partial charge on any atom is -0.421 e. The van der Waals surface area contributed by atoms with Gasteiger partial charge in [0.25, 0.3) is 5.91 Å². The van der Waals surface area contributed by atoms with Crippen LogP contribution in [-0.2, 0) is 0 Å². The highest BCUT2D eigenvalue weighted by molar-refractivity contribution is 9.11. The summed E-state index contributed by atoms with van der Waals surface area (Å²) in [6.07, 6.45) is 0. The van der Waals surface area contributed by atoms with E-state index in [1.165, 1.54) is 17.4 Å². The number of aryl methyl sites for hydroxylation is 1. The summed E-state index contributed by atoms with van der Waals surface area (Å²) in [4.78, 5) is 29.3. The first kappa shape index (κ1) is 19.0. The smallest absolute Gasteiger partial charge is 0.349 e. The van der Waals surface area contributed by atoms with Crippen LogP contribution < -0.4 is 10.9 Å². The molecule has 8 heteroatoms. The van der Waals surface area contributed by atoms with E-state index in [0.29, 0.717) is 20.6 Å². The van der Waals surface area contributed by atoms with Crippen molar-refractivity contribution in [2.75, 3.05) is 5.32 Å². The van der Waals surface area contributed by atoms with Gasteiger partial charge in [-0.25, -0.2) is 9.78 Å². The van der Waals surface area contributed by atoms with Gasteiger partial charge in [0.2, 0.25) is 0 Å². The summed E-state index contributed by atoms with van der Waals surface area (Å²) in [5.41, 5.74) is 2.49. The molecule has 1 amide bonds. The lowest BCUT2D eigenvalue weighted by Gasteiger charge is -2.04. The van der Waals surface area contributed by atoms with E-state index in [0.717, 1.165) is 21.3 Å². The zero-order valence-electron chi connectivity index (χ0n) is 14.5. The molecular weight excluding hydrogens is 508 g/mol. The maximum absolute atomic E-state index is 12.6. The third-order valence-electron chi connectivity index (χ3n) is 4.07. The predicted molar refractivity (Wildman–Crippen MR) is 118 cm³/mol. The summed E-state index contributed by atoms with van der Waals surface area (Å²) in [5.74, 6) is -0.559. The van der Waals surface area contributed by atoms with Crippen molar-refractivity contribution in [3.8, 4) is 11.3 Å². The second kappa shape index (κ2) is 7.62. The number of anilines is 1. The van der Waals surface area contributed by atoms with Gasteiger partial charge in [0.15, 0.2) is 10.7 Å². The van der Waals surface area contributed by atoms with Gasteiger partial charge >= 0.3 is 5.63 Å². The fourth-order valence-electron chi connectivity index (χ4n) is 2.67. The number of carbonyl (C=O) groups is 1. The van der Waals surface area contributed by atoms with Crippen LogP contribution >= 0.6 is 43.2 Å². The van der Waals surface area contributed by atoms with E-state index < -0.39 is 11.5 Å².